The van der Waals surface area contributed by atoms with Crippen LogP contribution in [0.1, 0.15) is 31.9 Å². The number of benzene rings is 2. The summed E-state index contributed by atoms with van der Waals surface area (Å²) in [6, 6.07) is 18.0. The molecule has 0 unspecified atom stereocenters. The van der Waals surface area contributed by atoms with Crippen molar-refractivity contribution in [3.05, 3.63) is 71.9 Å². The third kappa shape index (κ3) is 6.45. The van der Waals surface area contributed by atoms with Crippen LogP contribution in [0.15, 0.2) is 60.8 Å². The number of nitrogens with one attached hydrogen (secondary N) is 1. The first-order valence-corrected chi connectivity index (χ1v) is 9.79. The van der Waals surface area contributed by atoms with Crippen LogP contribution in [0.25, 0.3) is 11.3 Å². The molecule has 6 nitrogen and oxygen atoms in total. The molecule has 1 aromatic heterocycles. The Kier molecular flexibility index (Phi) is 6.32. The number of carbonyl (C=O) groups is 1. The summed E-state index contributed by atoms with van der Waals surface area (Å²) in [6.07, 6.45) is 2.14. The van der Waals surface area contributed by atoms with Gasteiger partial charge in [-0.3, -0.25) is 0 Å². The molecule has 0 aliphatic rings. The Hall–Kier alpha value is -3.15. The van der Waals surface area contributed by atoms with Gasteiger partial charge in [0.15, 0.2) is 0 Å². The Bertz CT molecular complexity index is 928. The van der Waals surface area contributed by atoms with Crippen molar-refractivity contribution < 1.29 is 9.53 Å². The Morgan fingerprint density at radius 1 is 1.10 bits per heavy atom. The highest BCUT2D eigenvalue weighted by Gasteiger charge is 2.20. The third-order valence-electron chi connectivity index (χ3n) is 4.34. The average molecular weight is 393 g/mol. The van der Waals surface area contributed by atoms with Crippen LogP contribution in [0.2, 0.25) is 0 Å². The number of amides is 1. The highest BCUT2D eigenvalue weighted by atomic mass is 16.6. The van der Waals surface area contributed by atoms with Crippen molar-refractivity contribution in [3.63, 3.8) is 0 Å². The van der Waals surface area contributed by atoms with E-state index in [1.54, 1.807) is 4.68 Å². The maximum Gasteiger partial charge on any atom is 0.407 e. The van der Waals surface area contributed by atoms with Crippen LogP contribution in [-0.4, -0.2) is 32.7 Å². The van der Waals surface area contributed by atoms with Gasteiger partial charge in [-0.2, -0.15) is 0 Å². The third-order valence-corrected chi connectivity index (χ3v) is 4.34. The molecule has 6 heteroatoms. The average Bonchev–Trinajstić information content (AvgIpc) is 3.10. The fourth-order valence-corrected chi connectivity index (χ4v) is 3.00. The van der Waals surface area contributed by atoms with Crippen molar-refractivity contribution in [2.24, 2.45) is 0 Å². The SMILES string of the molecule is Cc1ccc(-c2cn(C[C@@H](Cc3ccccc3)NC(=O)OC(C)(C)C)nn2)cc1. The minimum absolute atomic E-state index is 0.181. The van der Waals surface area contributed by atoms with E-state index in [-0.39, 0.29) is 6.04 Å². The van der Waals surface area contributed by atoms with E-state index >= 15 is 0 Å². The monoisotopic (exact) mass is 392 g/mol. The fourth-order valence-electron chi connectivity index (χ4n) is 3.00. The predicted molar refractivity (Wildman–Crippen MR) is 113 cm³/mol. The Morgan fingerprint density at radius 3 is 2.45 bits per heavy atom. The number of hydrogen-bond donors (Lipinski definition) is 1. The molecule has 152 valence electrons. The van der Waals surface area contributed by atoms with Gasteiger partial charge in [0.05, 0.1) is 18.8 Å². The Balaban J connectivity index is 1.73. The van der Waals surface area contributed by atoms with Gasteiger partial charge >= 0.3 is 6.09 Å². The molecule has 0 aliphatic carbocycles. The van der Waals surface area contributed by atoms with E-state index in [0.717, 1.165) is 16.8 Å². The van der Waals surface area contributed by atoms with Crippen LogP contribution < -0.4 is 5.32 Å². The lowest BCUT2D eigenvalue weighted by molar-refractivity contribution is 0.0498. The van der Waals surface area contributed by atoms with E-state index in [1.807, 2.05) is 69.4 Å². The van der Waals surface area contributed by atoms with Gasteiger partial charge in [0, 0.05) is 5.56 Å². The maximum atomic E-state index is 12.3. The van der Waals surface area contributed by atoms with Crippen molar-refractivity contribution in [2.45, 2.75) is 52.3 Å². The number of aromatic nitrogens is 3. The lowest BCUT2D eigenvalue weighted by Gasteiger charge is -2.23. The van der Waals surface area contributed by atoms with Crippen molar-refractivity contribution in [3.8, 4) is 11.3 Å². The molecule has 1 heterocycles. The van der Waals surface area contributed by atoms with Gasteiger partial charge < -0.3 is 10.1 Å². The molecule has 2 aromatic carbocycles. The number of rotatable bonds is 6. The first-order chi connectivity index (χ1) is 13.8. The first-order valence-electron chi connectivity index (χ1n) is 9.79. The van der Waals surface area contributed by atoms with E-state index in [0.29, 0.717) is 13.0 Å². The molecule has 0 bridgehead atoms. The van der Waals surface area contributed by atoms with Crippen molar-refractivity contribution in [1.82, 2.24) is 20.3 Å². The van der Waals surface area contributed by atoms with E-state index in [4.69, 9.17) is 4.74 Å². The molecule has 29 heavy (non-hydrogen) atoms. The van der Waals surface area contributed by atoms with Crippen LogP contribution in [0.3, 0.4) is 0 Å². The summed E-state index contributed by atoms with van der Waals surface area (Å²) >= 11 is 0. The van der Waals surface area contributed by atoms with Crippen LogP contribution >= 0.6 is 0 Å². The summed E-state index contributed by atoms with van der Waals surface area (Å²) in [7, 11) is 0. The smallest absolute Gasteiger partial charge is 0.407 e. The molecule has 0 saturated heterocycles. The number of hydrogen-bond acceptors (Lipinski definition) is 4. The number of carbonyl (C=O) groups excluding carboxylic acids is 1. The van der Waals surface area contributed by atoms with Gasteiger partial charge in [0.2, 0.25) is 0 Å². The zero-order valence-corrected chi connectivity index (χ0v) is 17.4. The van der Waals surface area contributed by atoms with Crippen molar-refractivity contribution >= 4 is 6.09 Å². The highest BCUT2D eigenvalue weighted by Crippen LogP contribution is 2.17. The molecule has 1 N–H and O–H groups in total. The van der Waals surface area contributed by atoms with E-state index in [9.17, 15) is 4.79 Å². The number of aryl methyl sites for hydroxylation is 1. The summed E-state index contributed by atoms with van der Waals surface area (Å²) in [5.74, 6) is 0. The minimum atomic E-state index is -0.548. The fraction of sp³-hybridized carbons (Fsp3) is 0.348. The second-order valence-corrected chi connectivity index (χ2v) is 8.22. The molecular weight excluding hydrogens is 364 g/mol. The topological polar surface area (TPSA) is 69.0 Å². The minimum Gasteiger partial charge on any atom is -0.444 e. The van der Waals surface area contributed by atoms with Crippen LogP contribution in [0.4, 0.5) is 4.79 Å². The predicted octanol–water partition coefficient (Wildman–Crippen LogP) is 4.39. The lowest BCUT2D eigenvalue weighted by atomic mass is 10.1. The standard InChI is InChI=1S/C23H28N4O2/c1-17-10-12-19(13-11-17)21-16-27(26-25-21)15-20(14-18-8-6-5-7-9-18)24-22(28)29-23(2,3)4/h5-13,16,20H,14-15H2,1-4H3,(H,24,28)/t20-/m1/s1. The van der Waals surface area contributed by atoms with Crippen LogP contribution in [0.5, 0.6) is 0 Å². The van der Waals surface area contributed by atoms with Crippen LogP contribution in [0, 0.1) is 6.92 Å². The van der Waals surface area contributed by atoms with E-state index in [1.165, 1.54) is 5.56 Å². The number of alkyl carbamates (subject to hydrolysis) is 1. The lowest BCUT2D eigenvalue weighted by Crippen LogP contribution is -2.42. The molecule has 1 atom stereocenters. The molecule has 3 rings (SSSR count). The molecular formula is C23H28N4O2. The Labute approximate surface area is 171 Å². The van der Waals surface area contributed by atoms with Gasteiger partial charge in [-0.05, 0) is 39.7 Å². The second kappa shape index (κ2) is 8.90. The van der Waals surface area contributed by atoms with Gasteiger partial charge in [-0.15, -0.1) is 5.10 Å². The van der Waals surface area contributed by atoms with Gasteiger partial charge in [0.25, 0.3) is 0 Å². The largest absolute Gasteiger partial charge is 0.444 e. The summed E-state index contributed by atoms with van der Waals surface area (Å²) in [4.78, 5) is 12.3. The number of ether oxygens (including phenoxy) is 1. The normalized spacial score (nSPS) is 12.4. The molecule has 1 amide bonds. The summed E-state index contributed by atoms with van der Waals surface area (Å²) in [5.41, 5.74) is 3.60. The maximum absolute atomic E-state index is 12.3. The molecule has 0 saturated carbocycles. The number of nitrogens with zero attached hydrogens (tertiary/aromatic N) is 3. The summed E-state index contributed by atoms with van der Waals surface area (Å²) < 4.78 is 7.20. The Morgan fingerprint density at radius 2 is 1.79 bits per heavy atom. The van der Waals surface area contributed by atoms with Gasteiger partial charge in [-0.25, -0.2) is 9.48 Å². The molecule has 0 spiro atoms. The zero-order valence-electron chi connectivity index (χ0n) is 17.4. The van der Waals surface area contributed by atoms with E-state index < -0.39 is 11.7 Å². The second-order valence-electron chi connectivity index (χ2n) is 8.22. The molecule has 0 fully saturated rings. The van der Waals surface area contributed by atoms with Crippen molar-refractivity contribution in [2.75, 3.05) is 0 Å². The van der Waals surface area contributed by atoms with E-state index in [2.05, 4.69) is 34.7 Å². The van der Waals surface area contributed by atoms with Gasteiger partial charge in [0.1, 0.15) is 11.3 Å². The summed E-state index contributed by atoms with van der Waals surface area (Å²) in [6.45, 7) is 8.10. The molecule has 3 aromatic rings. The first kappa shape index (κ1) is 20.6. The van der Waals surface area contributed by atoms with Gasteiger partial charge in [-0.1, -0.05) is 65.4 Å². The summed E-state index contributed by atoms with van der Waals surface area (Å²) in [5, 5.41) is 11.5. The quantitative estimate of drug-likeness (QED) is 0.675. The molecule has 0 radical (unpaired) electrons. The molecule has 0 aliphatic heterocycles. The van der Waals surface area contributed by atoms with Crippen LogP contribution in [-0.2, 0) is 17.7 Å². The zero-order chi connectivity index (χ0) is 20.9. The van der Waals surface area contributed by atoms with Crippen molar-refractivity contribution in [1.29, 1.82) is 0 Å². The highest BCUT2D eigenvalue weighted by molar-refractivity contribution is 5.68.